The molecule has 7 heteroatoms. The summed E-state index contributed by atoms with van der Waals surface area (Å²) in [6.45, 7) is 1.48. The predicted molar refractivity (Wildman–Crippen MR) is 99.2 cm³/mol. The van der Waals surface area contributed by atoms with Crippen LogP contribution in [0.1, 0.15) is 26.3 Å². The topological polar surface area (TPSA) is 115 Å². The van der Waals surface area contributed by atoms with Crippen LogP contribution in [0, 0.1) is 6.92 Å². The van der Waals surface area contributed by atoms with E-state index in [0.717, 1.165) is 0 Å². The van der Waals surface area contributed by atoms with Gasteiger partial charge < -0.3 is 20.3 Å². The van der Waals surface area contributed by atoms with Crippen molar-refractivity contribution >= 4 is 30.4 Å². The molecule has 0 atom stereocenters. The highest BCUT2D eigenvalue weighted by atomic mass is 16.4. The van der Waals surface area contributed by atoms with Crippen molar-refractivity contribution in [3.05, 3.63) is 83.4 Å². The Morgan fingerprint density at radius 2 is 1.00 bits per heavy atom. The Labute approximate surface area is 151 Å². The molecule has 0 spiro atoms. The van der Waals surface area contributed by atoms with Gasteiger partial charge in [-0.1, -0.05) is 54.6 Å². The summed E-state index contributed by atoms with van der Waals surface area (Å²) in [5, 5.41) is 34.0. The van der Waals surface area contributed by atoms with Crippen LogP contribution < -0.4 is 0 Å². The molecule has 0 aromatic heterocycles. The highest BCUT2D eigenvalue weighted by Crippen LogP contribution is 2.13. The third-order valence-electron chi connectivity index (χ3n) is 3.45. The maximum Gasteiger partial charge on any atom is 0.482 e. The Morgan fingerprint density at radius 1 is 0.692 bits per heavy atom. The van der Waals surface area contributed by atoms with Gasteiger partial charge in [-0.3, -0.25) is 0 Å². The molecule has 0 aliphatic carbocycles. The van der Waals surface area contributed by atoms with Crippen LogP contribution in [-0.2, 0) is 0 Å². The molecule has 26 heavy (non-hydrogen) atoms. The van der Waals surface area contributed by atoms with E-state index < -0.39 is 11.9 Å². The van der Waals surface area contributed by atoms with E-state index in [-0.39, 0.29) is 24.4 Å². The first-order chi connectivity index (χ1) is 12.4. The van der Waals surface area contributed by atoms with Crippen LogP contribution >= 0.6 is 0 Å². The second-order valence-corrected chi connectivity index (χ2v) is 5.05. The van der Waals surface area contributed by atoms with Crippen molar-refractivity contribution < 1.29 is 29.9 Å². The summed E-state index contributed by atoms with van der Waals surface area (Å²) in [4.78, 5) is 21.2. The summed E-state index contributed by atoms with van der Waals surface area (Å²) in [6, 6.07) is 20.9. The van der Waals surface area contributed by atoms with Gasteiger partial charge in [0.25, 0.3) is 0 Å². The molecule has 1 radical (unpaired) electrons. The molecule has 0 amide bonds. The molecule has 0 saturated carbocycles. The van der Waals surface area contributed by atoms with Gasteiger partial charge in [-0.15, -0.1) is 0 Å². The fourth-order valence-electron chi connectivity index (χ4n) is 2.23. The van der Waals surface area contributed by atoms with E-state index in [0.29, 0.717) is 0 Å². The lowest BCUT2D eigenvalue weighted by atomic mass is 10.0. The summed E-state index contributed by atoms with van der Waals surface area (Å²) in [5.41, 5.74) is 0.335. The number of carboxylic acids is 2. The first kappa shape index (κ1) is 20.9. The number of rotatable bonds is 2. The minimum Gasteiger partial charge on any atom is -0.478 e. The van der Waals surface area contributed by atoms with Crippen LogP contribution in [0.4, 0.5) is 0 Å². The average Bonchev–Trinajstić information content (AvgIpc) is 2.63. The Kier molecular flexibility index (Phi) is 8.56. The van der Waals surface area contributed by atoms with Crippen LogP contribution in [0.25, 0.3) is 10.8 Å². The molecular formula is C19H18BO6. The number of hydrogen-bond donors (Lipinski definition) is 4. The van der Waals surface area contributed by atoms with E-state index in [1.165, 1.54) is 35.9 Å². The summed E-state index contributed by atoms with van der Waals surface area (Å²) < 4.78 is 0. The minimum atomic E-state index is -1.11. The fourth-order valence-corrected chi connectivity index (χ4v) is 2.23. The molecule has 3 aromatic rings. The Morgan fingerprint density at radius 3 is 1.27 bits per heavy atom. The van der Waals surface area contributed by atoms with E-state index >= 15 is 0 Å². The molecule has 0 bridgehead atoms. The summed E-state index contributed by atoms with van der Waals surface area (Å²) in [6.07, 6.45) is 0. The van der Waals surface area contributed by atoms with Gasteiger partial charge in [0.1, 0.15) is 0 Å². The molecule has 6 nitrogen and oxygen atoms in total. The van der Waals surface area contributed by atoms with Gasteiger partial charge in [0.15, 0.2) is 0 Å². The molecule has 0 unspecified atom stereocenters. The van der Waals surface area contributed by atoms with Crippen molar-refractivity contribution in [2.75, 3.05) is 0 Å². The summed E-state index contributed by atoms with van der Waals surface area (Å²) >= 11 is 0. The van der Waals surface area contributed by atoms with Gasteiger partial charge in [0.05, 0.1) is 11.1 Å². The van der Waals surface area contributed by atoms with Crippen LogP contribution in [0.5, 0.6) is 0 Å². The standard InChI is InChI=1S/C10H8.C9H8O4.BH2O2/c1-2-6-10-8-4-3-7-9(10)5-1;1-5-6(8(10)11)3-2-4-7(5)9(12)13;2-1-3/h1-8H;2-4H,1H3,(H,10,11)(H,12,13);2-3H. The summed E-state index contributed by atoms with van der Waals surface area (Å²) in [5.74, 6) is -2.22. The van der Waals surface area contributed by atoms with Gasteiger partial charge >= 0.3 is 19.6 Å². The maximum absolute atomic E-state index is 10.6. The molecule has 0 aliphatic heterocycles. The third-order valence-corrected chi connectivity index (χ3v) is 3.45. The molecule has 0 saturated heterocycles. The number of aromatic carboxylic acids is 2. The van der Waals surface area contributed by atoms with Gasteiger partial charge in [-0.2, -0.15) is 0 Å². The summed E-state index contributed by atoms with van der Waals surface area (Å²) in [7, 11) is 0. The molecule has 0 heterocycles. The average molecular weight is 353 g/mol. The quantitative estimate of drug-likeness (QED) is 0.527. The molecule has 0 aliphatic rings. The number of carboxylic acid groups (broad SMARTS) is 2. The van der Waals surface area contributed by atoms with Crippen LogP contribution in [0.2, 0.25) is 0 Å². The smallest absolute Gasteiger partial charge is 0.478 e. The van der Waals surface area contributed by atoms with E-state index in [4.69, 9.17) is 20.3 Å². The minimum absolute atomic E-state index is 0. The lowest BCUT2D eigenvalue weighted by molar-refractivity contribution is 0.0696. The van der Waals surface area contributed by atoms with Gasteiger partial charge in [-0.05, 0) is 35.4 Å². The maximum atomic E-state index is 10.6. The SMILES string of the molecule is Cc1c(C(=O)O)cccc1C(=O)O.O[B]O.c1ccc2ccccc2c1. The Balaban J connectivity index is 0.000000231. The zero-order valence-corrected chi connectivity index (χ0v) is 14.0. The predicted octanol–water partition coefficient (Wildman–Crippen LogP) is 2.74. The van der Waals surface area contributed by atoms with E-state index in [2.05, 4.69) is 48.5 Å². The first-order valence-electron chi connectivity index (χ1n) is 7.52. The van der Waals surface area contributed by atoms with Crippen LogP contribution in [0.15, 0.2) is 66.7 Å². The van der Waals surface area contributed by atoms with Crippen molar-refractivity contribution in [2.24, 2.45) is 0 Å². The number of fused-ring (bicyclic) bond motifs is 1. The number of carbonyl (C=O) groups is 2. The van der Waals surface area contributed by atoms with E-state index in [1.54, 1.807) is 0 Å². The van der Waals surface area contributed by atoms with Crippen LogP contribution in [0.3, 0.4) is 0 Å². The molecular weight excluding hydrogens is 335 g/mol. The zero-order valence-electron chi connectivity index (χ0n) is 14.0. The number of benzene rings is 3. The first-order valence-corrected chi connectivity index (χ1v) is 7.52. The molecule has 3 aromatic carbocycles. The Bertz CT molecular complexity index is 781. The highest BCUT2D eigenvalue weighted by Gasteiger charge is 2.13. The van der Waals surface area contributed by atoms with Crippen molar-refractivity contribution in [3.8, 4) is 0 Å². The second kappa shape index (κ2) is 10.7. The van der Waals surface area contributed by atoms with Crippen LogP contribution in [-0.4, -0.2) is 39.9 Å². The lowest BCUT2D eigenvalue weighted by Crippen LogP contribution is -2.06. The zero-order chi connectivity index (χ0) is 19.5. The molecule has 4 N–H and O–H groups in total. The van der Waals surface area contributed by atoms with Gasteiger partial charge in [0, 0.05) is 0 Å². The normalized spacial score (nSPS) is 9.19. The van der Waals surface area contributed by atoms with Crippen molar-refractivity contribution in [3.63, 3.8) is 0 Å². The Hall–Kier alpha value is -3.16. The highest BCUT2D eigenvalue weighted by molar-refractivity contribution is 6.13. The largest absolute Gasteiger partial charge is 0.482 e. The third kappa shape index (κ3) is 6.05. The molecule has 3 rings (SSSR count). The number of hydrogen-bond acceptors (Lipinski definition) is 4. The monoisotopic (exact) mass is 353 g/mol. The van der Waals surface area contributed by atoms with E-state index in [9.17, 15) is 9.59 Å². The van der Waals surface area contributed by atoms with Crippen molar-refractivity contribution in [2.45, 2.75) is 6.92 Å². The molecule has 133 valence electrons. The van der Waals surface area contributed by atoms with Gasteiger partial charge in [-0.25, -0.2) is 9.59 Å². The van der Waals surface area contributed by atoms with E-state index in [1.807, 2.05) is 0 Å². The van der Waals surface area contributed by atoms with Gasteiger partial charge in [0.2, 0.25) is 0 Å². The second-order valence-electron chi connectivity index (χ2n) is 5.05. The van der Waals surface area contributed by atoms with Crippen molar-refractivity contribution in [1.29, 1.82) is 0 Å². The lowest BCUT2D eigenvalue weighted by Gasteiger charge is -2.03. The van der Waals surface area contributed by atoms with Crippen molar-refractivity contribution in [1.82, 2.24) is 0 Å². The molecule has 0 fully saturated rings. The fraction of sp³-hybridized carbons (Fsp3) is 0.0526.